The molecule has 0 aromatic carbocycles. The summed E-state index contributed by atoms with van der Waals surface area (Å²) < 4.78 is 8.25. The smallest absolute Gasteiger partial charge is 0.149 e. The van der Waals surface area contributed by atoms with Gasteiger partial charge in [-0.25, -0.2) is 4.31 Å². The van der Waals surface area contributed by atoms with E-state index in [4.69, 9.17) is 17.0 Å². The molecule has 0 amide bonds. The van der Waals surface area contributed by atoms with Crippen molar-refractivity contribution < 1.29 is 4.74 Å². The van der Waals surface area contributed by atoms with Gasteiger partial charge in [-0.1, -0.05) is 18.3 Å². The van der Waals surface area contributed by atoms with Crippen molar-refractivity contribution in [3.05, 3.63) is 12.7 Å². The number of ether oxygens (including phenoxy) is 1. The molecule has 74 valence electrons. The average molecular weight is 218 g/mol. The van der Waals surface area contributed by atoms with Crippen molar-refractivity contribution >= 4 is 28.5 Å². The number of hydrogen-bond donors (Lipinski definition) is 1. The molecule has 0 spiro atoms. The largest absolute Gasteiger partial charge is 0.379 e. The molecule has 1 aliphatic heterocycles. The molecule has 0 aromatic rings. The summed E-state index contributed by atoms with van der Waals surface area (Å²) in [6.07, 6.45) is 1.80. The predicted molar refractivity (Wildman–Crippen MR) is 60.8 cm³/mol. The fourth-order valence-corrected chi connectivity index (χ4v) is 2.06. The van der Waals surface area contributed by atoms with Crippen molar-refractivity contribution in [2.24, 2.45) is 0 Å². The molecule has 0 saturated carbocycles. The lowest BCUT2D eigenvalue weighted by atomic mass is 10.5. The third kappa shape index (κ3) is 4.61. The van der Waals surface area contributed by atoms with Crippen molar-refractivity contribution in [3.63, 3.8) is 0 Å². The van der Waals surface area contributed by atoms with Gasteiger partial charge in [-0.3, -0.25) is 0 Å². The molecule has 0 atom stereocenters. The Balaban J connectivity index is 2.14. The van der Waals surface area contributed by atoms with Gasteiger partial charge in [-0.2, -0.15) is 0 Å². The molecule has 5 heteroatoms. The van der Waals surface area contributed by atoms with Crippen LogP contribution in [-0.2, 0) is 4.74 Å². The van der Waals surface area contributed by atoms with Crippen molar-refractivity contribution in [1.82, 2.24) is 9.62 Å². The van der Waals surface area contributed by atoms with Crippen molar-refractivity contribution in [1.29, 1.82) is 0 Å². The molecule has 0 bridgehead atoms. The van der Waals surface area contributed by atoms with Gasteiger partial charge >= 0.3 is 0 Å². The van der Waals surface area contributed by atoms with Crippen molar-refractivity contribution in [2.45, 2.75) is 0 Å². The van der Waals surface area contributed by atoms with Crippen LogP contribution in [0.3, 0.4) is 0 Å². The first-order valence-electron chi connectivity index (χ1n) is 4.22. The van der Waals surface area contributed by atoms with Crippen LogP contribution in [-0.4, -0.2) is 41.5 Å². The van der Waals surface area contributed by atoms with E-state index in [1.54, 1.807) is 18.0 Å². The van der Waals surface area contributed by atoms with E-state index in [1.165, 1.54) is 0 Å². The standard InChI is InChI=1S/C8H14N2OS2/c1-2-3-9-8(12)13-10-4-6-11-7-5-10/h2H,1,3-7H2,(H,9,12). The summed E-state index contributed by atoms with van der Waals surface area (Å²) >= 11 is 6.71. The van der Waals surface area contributed by atoms with Gasteiger partial charge in [-0.15, -0.1) is 6.58 Å². The van der Waals surface area contributed by atoms with Gasteiger partial charge < -0.3 is 10.1 Å². The lowest BCUT2D eigenvalue weighted by Crippen LogP contribution is -2.34. The topological polar surface area (TPSA) is 24.5 Å². The maximum absolute atomic E-state index is 5.23. The van der Waals surface area contributed by atoms with Crippen LogP contribution in [0.5, 0.6) is 0 Å². The van der Waals surface area contributed by atoms with Gasteiger partial charge in [0.1, 0.15) is 4.32 Å². The highest BCUT2D eigenvalue weighted by molar-refractivity contribution is 8.21. The van der Waals surface area contributed by atoms with Crippen LogP contribution in [0.2, 0.25) is 0 Å². The normalized spacial score (nSPS) is 18.2. The summed E-state index contributed by atoms with van der Waals surface area (Å²) in [5, 5.41) is 3.07. The summed E-state index contributed by atoms with van der Waals surface area (Å²) in [5.41, 5.74) is 0. The van der Waals surface area contributed by atoms with Crippen molar-refractivity contribution in [3.8, 4) is 0 Å². The average Bonchev–Trinajstić information content (AvgIpc) is 2.16. The predicted octanol–water partition coefficient (Wildman–Crippen LogP) is 1.03. The Kier molecular flexibility index (Phi) is 5.38. The zero-order valence-electron chi connectivity index (χ0n) is 7.49. The van der Waals surface area contributed by atoms with Crippen LogP contribution in [0.1, 0.15) is 0 Å². The Morgan fingerprint density at radius 3 is 2.92 bits per heavy atom. The molecular formula is C8H14N2OS2. The zero-order chi connectivity index (χ0) is 9.52. The molecular weight excluding hydrogens is 204 g/mol. The molecule has 1 N–H and O–H groups in total. The number of rotatable bonds is 3. The van der Waals surface area contributed by atoms with E-state index in [9.17, 15) is 0 Å². The zero-order valence-corrected chi connectivity index (χ0v) is 9.12. The molecule has 0 radical (unpaired) electrons. The van der Waals surface area contributed by atoms with Crippen molar-refractivity contribution in [2.75, 3.05) is 32.8 Å². The van der Waals surface area contributed by atoms with E-state index in [2.05, 4.69) is 16.2 Å². The first-order valence-corrected chi connectivity index (χ1v) is 5.40. The molecule has 1 saturated heterocycles. The summed E-state index contributed by atoms with van der Waals surface area (Å²) in [5.74, 6) is 0. The molecule has 1 fully saturated rings. The van der Waals surface area contributed by atoms with Gasteiger partial charge in [0.25, 0.3) is 0 Å². The lowest BCUT2D eigenvalue weighted by Gasteiger charge is -2.25. The van der Waals surface area contributed by atoms with Gasteiger partial charge in [0.05, 0.1) is 13.2 Å². The first kappa shape index (κ1) is 11.0. The van der Waals surface area contributed by atoms with Gasteiger partial charge in [-0.05, 0) is 11.9 Å². The van der Waals surface area contributed by atoms with E-state index in [0.717, 1.165) is 37.2 Å². The van der Waals surface area contributed by atoms with Gasteiger partial charge in [0.2, 0.25) is 0 Å². The van der Waals surface area contributed by atoms with E-state index in [1.807, 2.05) is 0 Å². The first-order chi connectivity index (χ1) is 6.33. The molecule has 1 aliphatic rings. The SMILES string of the molecule is C=CCNC(=S)SN1CCOCC1. The fourth-order valence-electron chi connectivity index (χ4n) is 0.943. The number of morpholine rings is 1. The Labute approximate surface area is 88.6 Å². The van der Waals surface area contributed by atoms with E-state index < -0.39 is 0 Å². The van der Waals surface area contributed by atoms with Crippen LogP contribution in [0.25, 0.3) is 0 Å². The monoisotopic (exact) mass is 218 g/mol. The third-order valence-corrected chi connectivity index (χ3v) is 2.87. The summed E-state index contributed by atoms with van der Waals surface area (Å²) in [6, 6.07) is 0. The minimum absolute atomic E-state index is 0.732. The highest BCUT2D eigenvalue weighted by Gasteiger charge is 2.12. The summed E-state index contributed by atoms with van der Waals surface area (Å²) in [6.45, 7) is 7.84. The van der Waals surface area contributed by atoms with Crippen LogP contribution in [0.15, 0.2) is 12.7 Å². The minimum Gasteiger partial charge on any atom is -0.379 e. The fraction of sp³-hybridized carbons (Fsp3) is 0.625. The molecule has 3 nitrogen and oxygen atoms in total. The Morgan fingerprint density at radius 1 is 1.62 bits per heavy atom. The van der Waals surface area contributed by atoms with E-state index in [0.29, 0.717) is 0 Å². The summed E-state index contributed by atoms with van der Waals surface area (Å²) in [4.78, 5) is 0. The lowest BCUT2D eigenvalue weighted by molar-refractivity contribution is 0.0777. The number of hydrogen-bond acceptors (Lipinski definition) is 4. The second kappa shape index (κ2) is 6.37. The summed E-state index contributed by atoms with van der Waals surface area (Å²) in [7, 11) is 0. The van der Waals surface area contributed by atoms with Crippen LogP contribution < -0.4 is 5.32 Å². The van der Waals surface area contributed by atoms with Gasteiger partial charge in [0, 0.05) is 19.6 Å². The second-order valence-electron chi connectivity index (χ2n) is 2.59. The Hall–Kier alpha value is -0.100. The van der Waals surface area contributed by atoms with E-state index in [-0.39, 0.29) is 0 Å². The highest BCUT2D eigenvalue weighted by Crippen LogP contribution is 2.12. The molecule has 1 heterocycles. The van der Waals surface area contributed by atoms with Crippen LogP contribution >= 0.6 is 24.2 Å². The maximum Gasteiger partial charge on any atom is 0.149 e. The second-order valence-corrected chi connectivity index (χ2v) is 4.36. The quantitative estimate of drug-likeness (QED) is 0.433. The molecule has 1 rings (SSSR count). The number of nitrogens with one attached hydrogen (secondary N) is 1. The Morgan fingerprint density at radius 2 is 2.31 bits per heavy atom. The van der Waals surface area contributed by atoms with Crippen LogP contribution in [0.4, 0.5) is 0 Å². The number of nitrogens with zero attached hydrogens (tertiary/aromatic N) is 1. The third-order valence-electron chi connectivity index (χ3n) is 1.57. The van der Waals surface area contributed by atoms with E-state index >= 15 is 0 Å². The number of thiocarbonyl (C=S) groups is 1. The molecule has 0 aromatic heterocycles. The Bertz CT molecular complexity index is 181. The molecule has 0 unspecified atom stereocenters. The molecule has 13 heavy (non-hydrogen) atoms. The molecule has 0 aliphatic carbocycles. The van der Waals surface area contributed by atoms with Crippen LogP contribution in [0, 0.1) is 0 Å². The minimum atomic E-state index is 0.732. The highest BCUT2D eigenvalue weighted by atomic mass is 32.2. The maximum atomic E-state index is 5.23. The van der Waals surface area contributed by atoms with Gasteiger partial charge in [0.15, 0.2) is 0 Å².